The molecular formula is C13H16F3NO2S. The second kappa shape index (κ2) is 5.37. The fourth-order valence-electron chi connectivity index (χ4n) is 2.29. The molecule has 2 atom stereocenters. The van der Waals surface area contributed by atoms with Crippen LogP contribution < -0.4 is 5.32 Å². The summed E-state index contributed by atoms with van der Waals surface area (Å²) < 4.78 is 61.8. The van der Waals surface area contributed by atoms with Crippen molar-refractivity contribution in [3.8, 4) is 0 Å². The van der Waals surface area contributed by atoms with Gasteiger partial charge in [-0.15, -0.1) is 0 Å². The summed E-state index contributed by atoms with van der Waals surface area (Å²) in [6.07, 6.45) is -3.96. The van der Waals surface area contributed by atoms with E-state index in [1.54, 1.807) is 0 Å². The Hall–Kier alpha value is -1.08. The first-order valence-corrected chi connectivity index (χ1v) is 8.13. The van der Waals surface area contributed by atoms with Gasteiger partial charge in [0, 0.05) is 12.1 Å². The summed E-state index contributed by atoms with van der Waals surface area (Å²) in [7, 11) is -3.24. The maximum atomic E-state index is 12.7. The van der Waals surface area contributed by atoms with E-state index in [2.05, 4.69) is 5.32 Å². The highest BCUT2D eigenvalue weighted by Gasteiger charge is 2.32. The zero-order chi connectivity index (χ0) is 15.0. The van der Waals surface area contributed by atoms with Gasteiger partial charge in [0.2, 0.25) is 0 Å². The smallest absolute Gasteiger partial charge is 0.307 e. The zero-order valence-corrected chi connectivity index (χ0v) is 11.8. The highest BCUT2D eigenvalue weighted by molar-refractivity contribution is 7.91. The monoisotopic (exact) mass is 307 g/mol. The maximum Gasteiger partial charge on any atom is 0.416 e. The van der Waals surface area contributed by atoms with Crippen molar-refractivity contribution in [2.24, 2.45) is 0 Å². The number of benzene rings is 1. The number of nitrogens with one attached hydrogen (secondary N) is 1. The molecule has 1 aliphatic rings. The Labute approximate surface area is 116 Å². The van der Waals surface area contributed by atoms with Gasteiger partial charge in [-0.2, -0.15) is 13.2 Å². The molecule has 20 heavy (non-hydrogen) atoms. The van der Waals surface area contributed by atoms with Crippen LogP contribution in [0.25, 0.3) is 0 Å². The molecule has 1 aliphatic heterocycles. The fraction of sp³-hybridized carbons (Fsp3) is 0.538. The van der Waals surface area contributed by atoms with Crippen LogP contribution in [0.4, 0.5) is 13.2 Å². The lowest BCUT2D eigenvalue weighted by molar-refractivity contribution is -0.137. The number of alkyl halides is 3. The van der Waals surface area contributed by atoms with Crippen LogP contribution >= 0.6 is 0 Å². The van der Waals surface area contributed by atoms with Crippen molar-refractivity contribution in [3.63, 3.8) is 0 Å². The maximum absolute atomic E-state index is 12.7. The van der Waals surface area contributed by atoms with Crippen LogP contribution in [-0.2, 0) is 16.0 Å². The lowest BCUT2D eigenvalue weighted by Crippen LogP contribution is -2.31. The molecule has 0 radical (unpaired) electrons. The molecule has 1 heterocycles. The van der Waals surface area contributed by atoms with Crippen molar-refractivity contribution >= 4 is 9.84 Å². The molecule has 0 aromatic heterocycles. The van der Waals surface area contributed by atoms with E-state index in [9.17, 15) is 21.6 Å². The number of hydrogen-bond acceptors (Lipinski definition) is 3. The van der Waals surface area contributed by atoms with Gasteiger partial charge in [-0.1, -0.05) is 12.1 Å². The predicted octanol–water partition coefficient (Wildman–Crippen LogP) is 2.54. The normalized spacial score (nSPS) is 27.0. The lowest BCUT2D eigenvalue weighted by Gasteiger charge is -2.20. The van der Waals surface area contributed by atoms with Crippen molar-refractivity contribution in [1.82, 2.24) is 5.32 Å². The van der Waals surface area contributed by atoms with Gasteiger partial charge in [-0.3, -0.25) is 0 Å². The number of sulfone groups is 1. The summed E-state index contributed by atoms with van der Waals surface area (Å²) in [5.41, 5.74) is -0.400. The molecule has 0 spiro atoms. The predicted molar refractivity (Wildman–Crippen MR) is 70.1 cm³/mol. The summed E-state index contributed by atoms with van der Waals surface area (Å²) in [5.74, 6) is -0.102. The Morgan fingerprint density at radius 2 is 2.00 bits per heavy atom. The largest absolute Gasteiger partial charge is 0.416 e. The molecule has 0 aliphatic carbocycles. The number of rotatable bonds is 1. The van der Waals surface area contributed by atoms with E-state index >= 15 is 0 Å². The Kier molecular flexibility index (Phi) is 4.11. The van der Waals surface area contributed by atoms with E-state index in [-0.39, 0.29) is 17.5 Å². The molecule has 2 rings (SSSR count). The Bertz CT molecular complexity index is 584. The van der Waals surface area contributed by atoms with Gasteiger partial charge in [-0.25, -0.2) is 8.42 Å². The molecule has 1 aromatic carbocycles. The second-order valence-electron chi connectivity index (χ2n) is 5.15. The average molecular weight is 307 g/mol. The van der Waals surface area contributed by atoms with Crippen LogP contribution in [0.5, 0.6) is 0 Å². The molecule has 7 heteroatoms. The molecule has 0 bridgehead atoms. The van der Waals surface area contributed by atoms with E-state index in [1.807, 2.05) is 6.92 Å². The lowest BCUT2D eigenvalue weighted by atomic mass is 10.0. The average Bonchev–Trinajstić information content (AvgIpc) is 2.48. The van der Waals surface area contributed by atoms with E-state index in [1.165, 1.54) is 12.1 Å². The van der Waals surface area contributed by atoms with Crippen molar-refractivity contribution in [2.75, 3.05) is 11.5 Å². The van der Waals surface area contributed by atoms with Gasteiger partial charge in [0.05, 0.1) is 17.1 Å². The molecule has 2 unspecified atom stereocenters. The van der Waals surface area contributed by atoms with E-state index in [0.29, 0.717) is 12.0 Å². The van der Waals surface area contributed by atoms with Gasteiger partial charge in [0.1, 0.15) is 0 Å². The Morgan fingerprint density at radius 1 is 1.30 bits per heavy atom. The van der Waals surface area contributed by atoms with Crippen LogP contribution in [0, 0.1) is 0 Å². The highest BCUT2D eigenvalue weighted by atomic mass is 32.2. The summed E-state index contributed by atoms with van der Waals surface area (Å²) >= 11 is 0. The first-order valence-electron chi connectivity index (χ1n) is 6.31. The van der Waals surface area contributed by atoms with Crippen LogP contribution in [-0.4, -0.2) is 26.0 Å². The number of halogens is 3. The minimum Gasteiger partial charge on any atom is -0.307 e. The summed E-state index contributed by atoms with van der Waals surface area (Å²) in [5, 5.41) is 3.08. The topological polar surface area (TPSA) is 46.2 Å². The molecule has 112 valence electrons. The quantitative estimate of drug-likeness (QED) is 0.867. The summed E-state index contributed by atoms with van der Waals surface area (Å²) in [6, 6.07) is 4.19. The van der Waals surface area contributed by atoms with Crippen LogP contribution in [0.15, 0.2) is 24.3 Å². The summed E-state index contributed by atoms with van der Waals surface area (Å²) in [4.78, 5) is 0. The van der Waals surface area contributed by atoms with E-state index in [0.717, 1.165) is 12.1 Å². The van der Waals surface area contributed by atoms with Crippen LogP contribution in [0.1, 0.15) is 30.5 Å². The number of hydrogen-bond donors (Lipinski definition) is 1. The molecule has 0 amide bonds. The third-order valence-electron chi connectivity index (χ3n) is 3.38. The van der Waals surface area contributed by atoms with Crippen LogP contribution in [0.2, 0.25) is 0 Å². The Morgan fingerprint density at radius 3 is 2.65 bits per heavy atom. The standard InChI is InChI=1S/C13H16F3NO2S/c1-9-5-6-20(18,19)8-12(17-9)10-3-2-4-11(7-10)13(14,15)16/h2-4,7,9,12,17H,5-6,8H2,1H3. The van der Waals surface area contributed by atoms with Gasteiger partial charge in [-0.05, 0) is 31.0 Å². The molecule has 1 N–H and O–H groups in total. The van der Waals surface area contributed by atoms with Crippen LogP contribution in [0.3, 0.4) is 0 Å². The van der Waals surface area contributed by atoms with E-state index in [4.69, 9.17) is 0 Å². The Balaban J connectivity index is 2.34. The third-order valence-corrected chi connectivity index (χ3v) is 5.08. The summed E-state index contributed by atoms with van der Waals surface area (Å²) in [6.45, 7) is 1.83. The van der Waals surface area contributed by atoms with Gasteiger partial charge in [0.25, 0.3) is 0 Å². The first kappa shape index (κ1) is 15.3. The van der Waals surface area contributed by atoms with Gasteiger partial charge < -0.3 is 5.32 Å². The SMILES string of the molecule is CC1CCS(=O)(=O)CC(c2cccc(C(F)(F)F)c2)N1. The van der Waals surface area contributed by atoms with E-state index < -0.39 is 27.6 Å². The molecule has 1 aromatic rings. The van der Waals surface area contributed by atoms with Gasteiger partial charge >= 0.3 is 6.18 Å². The zero-order valence-electron chi connectivity index (χ0n) is 10.9. The minimum absolute atomic E-state index is 0.0492. The first-order chi connectivity index (χ1) is 9.17. The molecule has 1 fully saturated rings. The molecule has 3 nitrogen and oxygen atoms in total. The molecule has 0 saturated carbocycles. The second-order valence-corrected chi connectivity index (χ2v) is 7.38. The highest BCUT2D eigenvalue weighted by Crippen LogP contribution is 2.31. The van der Waals surface area contributed by atoms with Crippen molar-refractivity contribution in [3.05, 3.63) is 35.4 Å². The molecular weight excluding hydrogens is 291 g/mol. The third kappa shape index (κ3) is 3.73. The molecule has 1 saturated heterocycles. The van der Waals surface area contributed by atoms with Crippen molar-refractivity contribution in [1.29, 1.82) is 0 Å². The van der Waals surface area contributed by atoms with Gasteiger partial charge in [0.15, 0.2) is 9.84 Å². The van der Waals surface area contributed by atoms with Crippen molar-refractivity contribution < 1.29 is 21.6 Å². The fourth-order valence-corrected chi connectivity index (χ4v) is 3.97. The van der Waals surface area contributed by atoms with Crippen molar-refractivity contribution in [2.45, 2.75) is 31.6 Å². The minimum atomic E-state index is -4.43.